The number of likely N-dealkylation sites (tertiary alicyclic amines) is 1. The van der Waals surface area contributed by atoms with E-state index in [1.165, 1.54) is 19.9 Å². The lowest BCUT2D eigenvalue weighted by molar-refractivity contribution is -0.137. The summed E-state index contributed by atoms with van der Waals surface area (Å²) >= 11 is 5.15. The van der Waals surface area contributed by atoms with Crippen LogP contribution >= 0.6 is 12.2 Å². The molecular weight excluding hydrogens is 238 g/mol. The summed E-state index contributed by atoms with van der Waals surface area (Å²) in [6, 6.07) is -0.0751. The van der Waals surface area contributed by atoms with Gasteiger partial charge in [0.2, 0.25) is 5.91 Å². The van der Waals surface area contributed by atoms with Gasteiger partial charge in [-0.15, -0.1) is 0 Å². The zero-order valence-electron chi connectivity index (χ0n) is 9.86. The SMILES string of the molecule is CN1C(=O)CC(NC(=S)NC2CCCC2)C1=O. The van der Waals surface area contributed by atoms with Crippen LogP contribution in [0.4, 0.5) is 0 Å². The maximum atomic E-state index is 11.6. The molecule has 1 saturated carbocycles. The van der Waals surface area contributed by atoms with E-state index >= 15 is 0 Å². The lowest BCUT2D eigenvalue weighted by Crippen LogP contribution is -2.47. The zero-order chi connectivity index (χ0) is 12.4. The maximum Gasteiger partial charge on any atom is 0.251 e. The summed E-state index contributed by atoms with van der Waals surface area (Å²) in [5.41, 5.74) is 0. The number of nitrogens with one attached hydrogen (secondary N) is 2. The van der Waals surface area contributed by atoms with Gasteiger partial charge in [-0.3, -0.25) is 14.5 Å². The molecule has 0 aromatic heterocycles. The standard InChI is InChI=1S/C11H17N3O2S/c1-14-9(15)6-8(10(14)16)13-11(17)12-7-4-2-3-5-7/h7-8H,2-6H2,1H3,(H2,12,13,17). The molecule has 1 unspecified atom stereocenters. The zero-order valence-corrected chi connectivity index (χ0v) is 10.7. The van der Waals surface area contributed by atoms with Crippen molar-refractivity contribution in [3.63, 3.8) is 0 Å². The van der Waals surface area contributed by atoms with E-state index in [-0.39, 0.29) is 18.2 Å². The van der Waals surface area contributed by atoms with Crippen LogP contribution in [0.25, 0.3) is 0 Å². The first kappa shape index (κ1) is 12.3. The van der Waals surface area contributed by atoms with Crippen molar-refractivity contribution in [3.8, 4) is 0 Å². The van der Waals surface area contributed by atoms with Crippen LogP contribution in [-0.4, -0.2) is 41.0 Å². The van der Waals surface area contributed by atoms with E-state index < -0.39 is 6.04 Å². The maximum absolute atomic E-state index is 11.6. The summed E-state index contributed by atoms with van der Waals surface area (Å²) in [6.45, 7) is 0. The smallest absolute Gasteiger partial charge is 0.251 e. The van der Waals surface area contributed by atoms with Gasteiger partial charge in [0.05, 0.1) is 6.42 Å². The van der Waals surface area contributed by atoms with Gasteiger partial charge in [0.1, 0.15) is 6.04 Å². The highest BCUT2D eigenvalue weighted by molar-refractivity contribution is 7.80. The fourth-order valence-corrected chi connectivity index (χ4v) is 2.63. The number of nitrogens with zero attached hydrogens (tertiary/aromatic N) is 1. The molecule has 1 atom stereocenters. The van der Waals surface area contributed by atoms with Gasteiger partial charge in [-0.05, 0) is 25.1 Å². The van der Waals surface area contributed by atoms with Gasteiger partial charge in [0, 0.05) is 13.1 Å². The molecule has 2 rings (SSSR count). The van der Waals surface area contributed by atoms with Gasteiger partial charge in [-0.2, -0.15) is 0 Å². The third-order valence-corrected chi connectivity index (χ3v) is 3.61. The molecule has 0 bridgehead atoms. The minimum atomic E-state index is -0.492. The lowest BCUT2D eigenvalue weighted by atomic mass is 10.2. The van der Waals surface area contributed by atoms with E-state index in [0.29, 0.717) is 11.2 Å². The Morgan fingerprint density at radius 1 is 1.29 bits per heavy atom. The first-order valence-electron chi connectivity index (χ1n) is 5.95. The van der Waals surface area contributed by atoms with Gasteiger partial charge >= 0.3 is 0 Å². The van der Waals surface area contributed by atoms with Gasteiger partial charge in [0.25, 0.3) is 5.91 Å². The lowest BCUT2D eigenvalue weighted by Gasteiger charge is -2.18. The van der Waals surface area contributed by atoms with Crippen molar-refractivity contribution in [2.45, 2.75) is 44.2 Å². The molecule has 0 aromatic carbocycles. The Hall–Kier alpha value is -1.17. The van der Waals surface area contributed by atoms with Crippen molar-refractivity contribution in [1.82, 2.24) is 15.5 Å². The van der Waals surface area contributed by atoms with Crippen LogP contribution in [0.15, 0.2) is 0 Å². The molecule has 17 heavy (non-hydrogen) atoms. The second kappa shape index (κ2) is 5.00. The molecule has 0 spiro atoms. The number of rotatable bonds is 2. The molecule has 94 valence electrons. The highest BCUT2D eigenvalue weighted by Gasteiger charge is 2.36. The van der Waals surface area contributed by atoms with Crippen molar-refractivity contribution in [2.75, 3.05) is 7.05 Å². The second-order valence-electron chi connectivity index (χ2n) is 4.65. The van der Waals surface area contributed by atoms with E-state index in [1.807, 2.05) is 0 Å². The number of thiocarbonyl (C=S) groups is 1. The normalized spacial score (nSPS) is 25.5. The van der Waals surface area contributed by atoms with Crippen LogP contribution < -0.4 is 10.6 Å². The quantitative estimate of drug-likeness (QED) is 0.543. The van der Waals surface area contributed by atoms with Gasteiger partial charge in [-0.25, -0.2) is 0 Å². The second-order valence-corrected chi connectivity index (χ2v) is 5.06. The number of hydrogen-bond acceptors (Lipinski definition) is 3. The Labute approximate surface area is 106 Å². The third kappa shape index (κ3) is 2.74. The van der Waals surface area contributed by atoms with Crippen molar-refractivity contribution in [3.05, 3.63) is 0 Å². The molecule has 1 heterocycles. The Balaban J connectivity index is 1.82. The Bertz CT molecular complexity index is 353. The topological polar surface area (TPSA) is 61.4 Å². The van der Waals surface area contributed by atoms with E-state index in [9.17, 15) is 9.59 Å². The number of carbonyl (C=O) groups is 2. The largest absolute Gasteiger partial charge is 0.360 e. The summed E-state index contributed by atoms with van der Waals surface area (Å²) in [7, 11) is 1.50. The summed E-state index contributed by atoms with van der Waals surface area (Å²) < 4.78 is 0. The molecule has 1 aliphatic heterocycles. The van der Waals surface area contributed by atoms with Gasteiger partial charge in [0.15, 0.2) is 5.11 Å². The molecule has 2 amide bonds. The molecule has 0 radical (unpaired) electrons. The van der Waals surface area contributed by atoms with Crippen LogP contribution in [0.1, 0.15) is 32.1 Å². The summed E-state index contributed by atoms with van der Waals surface area (Å²) in [6.07, 6.45) is 4.90. The van der Waals surface area contributed by atoms with E-state index in [4.69, 9.17) is 12.2 Å². The minimum Gasteiger partial charge on any atom is -0.360 e. The van der Waals surface area contributed by atoms with Crippen LogP contribution in [-0.2, 0) is 9.59 Å². The number of carbonyl (C=O) groups excluding carboxylic acids is 2. The summed E-state index contributed by atoms with van der Waals surface area (Å²) in [4.78, 5) is 24.1. The number of hydrogen-bond donors (Lipinski definition) is 2. The van der Waals surface area contributed by atoms with Crippen LogP contribution in [0.2, 0.25) is 0 Å². The fraction of sp³-hybridized carbons (Fsp3) is 0.727. The minimum absolute atomic E-state index is 0.156. The fourth-order valence-electron chi connectivity index (χ4n) is 2.32. The van der Waals surface area contributed by atoms with Crippen molar-refractivity contribution in [2.24, 2.45) is 0 Å². The predicted octanol–water partition coefficient (Wildman–Crippen LogP) is 0.150. The average Bonchev–Trinajstić information content (AvgIpc) is 2.85. The predicted molar refractivity (Wildman–Crippen MR) is 67.3 cm³/mol. The highest BCUT2D eigenvalue weighted by atomic mass is 32.1. The molecule has 5 nitrogen and oxygen atoms in total. The van der Waals surface area contributed by atoms with Crippen molar-refractivity contribution < 1.29 is 9.59 Å². The first-order valence-corrected chi connectivity index (χ1v) is 6.36. The Morgan fingerprint density at radius 3 is 2.47 bits per heavy atom. The molecular formula is C11H17N3O2S. The molecule has 0 aromatic rings. The molecule has 6 heteroatoms. The van der Waals surface area contributed by atoms with Crippen LogP contribution in [0, 0.1) is 0 Å². The molecule has 2 N–H and O–H groups in total. The number of imide groups is 1. The van der Waals surface area contributed by atoms with Gasteiger partial charge in [-0.1, -0.05) is 12.8 Å². The van der Waals surface area contributed by atoms with E-state index in [2.05, 4.69) is 10.6 Å². The summed E-state index contributed by atoms with van der Waals surface area (Å²) in [5, 5.41) is 6.60. The summed E-state index contributed by atoms with van der Waals surface area (Å²) in [5.74, 6) is -0.360. The van der Waals surface area contributed by atoms with E-state index in [1.54, 1.807) is 0 Å². The Morgan fingerprint density at radius 2 is 1.94 bits per heavy atom. The number of likely N-dealkylation sites (N-methyl/N-ethyl adjacent to an activating group) is 1. The Kier molecular flexibility index (Phi) is 3.61. The molecule has 2 aliphatic rings. The average molecular weight is 255 g/mol. The molecule has 1 saturated heterocycles. The molecule has 1 aliphatic carbocycles. The first-order chi connectivity index (χ1) is 8.08. The monoisotopic (exact) mass is 255 g/mol. The van der Waals surface area contributed by atoms with Crippen molar-refractivity contribution in [1.29, 1.82) is 0 Å². The van der Waals surface area contributed by atoms with Crippen LogP contribution in [0.3, 0.4) is 0 Å². The van der Waals surface area contributed by atoms with Crippen molar-refractivity contribution >= 4 is 29.1 Å². The van der Waals surface area contributed by atoms with Gasteiger partial charge < -0.3 is 10.6 Å². The third-order valence-electron chi connectivity index (χ3n) is 3.38. The van der Waals surface area contributed by atoms with Crippen LogP contribution in [0.5, 0.6) is 0 Å². The van der Waals surface area contributed by atoms with E-state index in [0.717, 1.165) is 17.7 Å². The molecule has 2 fully saturated rings. The highest BCUT2D eigenvalue weighted by Crippen LogP contribution is 2.17. The number of amides is 2.